The molecule has 19 heavy (non-hydrogen) atoms. The first-order valence-electron chi connectivity index (χ1n) is 7.27. The highest BCUT2D eigenvalue weighted by Crippen LogP contribution is 2.50. The van der Waals surface area contributed by atoms with E-state index in [1.54, 1.807) is 0 Å². The van der Waals surface area contributed by atoms with Gasteiger partial charge < -0.3 is 14.7 Å². The summed E-state index contributed by atoms with van der Waals surface area (Å²) >= 11 is 0. The van der Waals surface area contributed by atoms with Crippen molar-refractivity contribution in [2.75, 3.05) is 19.8 Å². The van der Waals surface area contributed by atoms with Gasteiger partial charge in [-0.1, -0.05) is 0 Å². The highest BCUT2D eigenvalue weighted by molar-refractivity contribution is 5.84. The number of rotatable bonds is 5. The van der Waals surface area contributed by atoms with Crippen molar-refractivity contribution in [3.05, 3.63) is 0 Å². The largest absolute Gasteiger partial charge is 0.480 e. The molecule has 0 radical (unpaired) electrons. The van der Waals surface area contributed by atoms with E-state index >= 15 is 0 Å². The van der Waals surface area contributed by atoms with Crippen molar-refractivity contribution in [1.29, 1.82) is 0 Å². The van der Waals surface area contributed by atoms with E-state index in [2.05, 4.69) is 0 Å². The molecule has 2 aliphatic carbocycles. The van der Waals surface area contributed by atoms with Crippen LogP contribution in [-0.4, -0.2) is 47.7 Å². The molecule has 1 amide bonds. The Morgan fingerprint density at radius 2 is 1.84 bits per heavy atom. The van der Waals surface area contributed by atoms with Gasteiger partial charge in [0.05, 0.1) is 13.2 Å². The Labute approximate surface area is 112 Å². The summed E-state index contributed by atoms with van der Waals surface area (Å²) in [5.74, 6) is 1.01. The van der Waals surface area contributed by atoms with Gasteiger partial charge in [0.2, 0.25) is 5.91 Å². The standard InChI is InChI=1S/C14H21NO4/c16-13(7-11(9-1-2-9)10-3-4-10)15-5-6-19-8-12(15)14(17)18/h9-12H,1-8H2,(H,17,18)/t12-/m1/s1. The fourth-order valence-electron chi connectivity index (χ4n) is 3.19. The summed E-state index contributed by atoms with van der Waals surface area (Å²) in [6.07, 6.45) is 5.54. The van der Waals surface area contributed by atoms with Crippen molar-refractivity contribution in [3.63, 3.8) is 0 Å². The number of hydrogen-bond donors (Lipinski definition) is 1. The molecule has 0 aromatic carbocycles. The van der Waals surface area contributed by atoms with Crippen LogP contribution in [0.15, 0.2) is 0 Å². The highest BCUT2D eigenvalue weighted by Gasteiger charge is 2.43. The third-order valence-corrected chi connectivity index (χ3v) is 4.60. The number of amides is 1. The Hall–Kier alpha value is -1.10. The first kappa shape index (κ1) is 12.9. The van der Waals surface area contributed by atoms with E-state index in [1.807, 2.05) is 0 Å². The number of morpholine rings is 1. The topological polar surface area (TPSA) is 66.8 Å². The maximum atomic E-state index is 12.4. The van der Waals surface area contributed by atoms with E-state index < -0.39 is 12.0 Å². The van der Waals surface area contributed by atoms with Crippen LogP contribution in [0.4, 0.5) is 0 Å². The number of carbonyl (C=O) groups is 2. The van der Waals surface area contributed by atoms with Gasteiger partial charge >= 0.3 is 5.97 Å². The summed E-state index contributed by atoms with van der Waals surface area (Å²) < 4.78 is 5.17. The Morgan fingerprint density at radius 3 is 2.37 bits per heavy atom. The Morgan fingerprint density at radius 1 is 1.21 bits per heavy atom. The Kier molecular flexibility index (Phi) is 3.48. The van der Waals surface area contributed by atoms with Crippen molar-refractivity contribution < 1.29 is 19.4 Å². The summed E-state index contributed by atoms with van der Waals surface area (Å²) in [7, 11) is 0. The van der Waals surface area contributed by atoms with Crippen molar-refractivity contribution in [3.8, 4) is 0 Å². The van der Waals surface area contributed by atoms with Gasteiger partial charge in [-0.2, -0.15) is 0 Å². The number of carboxylic acid groups (broad SMARTS) is 1. The molecule has 1 aliphatic heterocycles. The van der Waals surface area contributed by atoms with Crippen molar-refractivity contribution in [2.24, 2.45) is 17.8 Å². The smallest absolute Gasteiger partial charge is 0.328 e. The number of nitrogens with zero attached hydrogens (tertiary/aromatic N) is 1. The molecule has 106 valence electrons. The molecule has 3 fully saturated rings. The van der Waals surface area contributed by atoms with Gasteiger partial charge in [0.25, 0.3) is 0 Å². The fourth-order valence-corrected chi connectivity index (χ4v) is 3.19. The molecule has 3 aliphatic rings. The van der Waals surface area contributed by atoms with Crippen molar-refractivity contribution in [1.82, 2.24) is 4.90 Å². The van der Waals surface area contributed by atoms with Crippen LogP contribution < -0.4 is 0 Å². The minimum Gasteiger partial charge on any atom is -0.480 e. The minimum atomic E-state index is -0.956. The summed E-state index contributed by atoms with van der Waals surface area (Å²) in [5.41, 5.74) is 0. The van der Waals surface area contributed by atoms with Crippen LogP contribution in [0.1, 0.15) is 32.1 Å². The minimum absolute atomic E-state index is 0.0134. The van der Waals surface area contributed by atoms with Crippen LogP contribution in [0.3, 0.4) is 0 Å². The zero-order valence-corrected chi connectivity index (χ0v) is 11.1. The van der Waals surface area contributed by atoms with Gasteiger partial charge in [0.1, 0.15) is 0 Å². The second kappa shape index (κ2) is 5.12. The Balaban J connectivity index is 1.62. The van der Waals surface area contributed by atoms with Crippen LogP contribution in [0.2, 0.25) is 0 Å². The van der Waals surface area contributed by atoms with Crippen molar-refractivity contribution in [2.45, 2.75) is 38.1 Å². The number of aliphatic carboxylic acids is 1. The van der Waals surface area contributed by atoms with E-state index in [1.165, 1.54) is 30.6 Å². The molecular weight excluding hydrogens is 246 g/mol. The zero-order valence-electron chi connectivity index (χ0n) is 11.1. The maximum Gasteiger partial charge on any atom is 0.328 e. The molecule has 2 saturated carbocycles. The molecule has 1 heterocycles. The molecular formula is C14H21NO4. The molecule has 3 rings (SSSR count). The van der Waals surface area contributed by atoms with Gasteiger partial charge in [0.15, 0.2) is 6.04 Å². The Bertz CT molecular complexity index is 364. The molecule has 0 spiro atoms. The van der Waals surface area contributed by atoms with Crippen LogP contribution in [0.5, 0.6) is 0 Å². The SMILES string of the molecule is O=C(O)[C@H]1COCCN1C(=O)CC(C1CC1)C1CC1. The lowest BCUT2D eigenvalue weighted by molar-refractivity contribution is -0.158. The second-order valence-electron chi connectivity index (χ2n) is 6.06. The summed E-state index contributed by atoms with van der Waals surface area (Å²) in [4.78, 5) is 25.1. The monoisotopic (exact) mass is 267 g/mol. The van der Waals surface area contributed by atoms with Crippen LogP contribution in [-0.2, 0) is 14.3 Å². The van der Waals surface area contributed by atoms with E-state index in [4.69, 9.17) is 9.84 Å². The van der Waals surface area contributed by atoms with Gasteiger partial charge in [-0.05, 0) is 43.4 Å². The first-order chi connectivity index (χ1) is 9.16. The van der Waals surface area contributed by atoms with Crippen LogP contribution in [0.25, 0.3) is 0 Å². The molecule has 1 saturated heterocycles. The lowest BCUT2D eigenvalue weighted by atomic mass is 9.93. The zero-order chi connectivity index (χ0) is 13.4. The predicted octanol–water partition coefficient (Wildman–Crippen LogP) is 1.12. The van der Waals surface area contributed by atoms with Gasteiger partial charge in [-0.15, -0.1) is 0 Å². The predicted molar refractivity (Wildman–Crippen MR) is 67.5 cm³/mol. The van der Waals surface area contributed by atoms with E-state index in [0.717, 1.165) is 11.8 Å². The second-order valence-corrected chi connectivity index (χ2v) is 6.06. The normalized spacial score (nSPS) is 27.6. The van der Waals surface area contributed by atoms with Gasteiger partial charge in [-0.25, -0.2) is 4.79 Å². The quantitative estimate of drug-likeness (QED) is 0.810. The number of carboxylic acids is 1. The summed E-state index contributed by atoms with van der Waals surface area (Å²) in [6, 6.07) is -0.791. The van der Waals surface area contributed by atoms with E-state index in [9.17, 15) is 9.59 Å². The van der Waals surface area contributed by atoms with Crippen LogP contribution in [0, 0.1) is 17.8 Å². The first-order valence-corrected chi connectivity index (χ1v) is 7.27. The molecule has 0 aromatic rings. The highest BCUT2D eigenvalue weighted by atomic mass is 16.5. The van der Waals surface area contributed by atoms with Gasteiger partial charge in [-0.3, -0.25) is 4.79 Å². The molecule has 5 nitrogen and oxygen atoms in total. The molecule has 0 bridgehead atoms. The number of ether oxygens (including phenoxy) is 1. The van der Waals surface area contributed by atoms with Gasteiger partial charge in [0, 0.05) is 13.0 Å². The van der Waals surface area contributed by atoms with E-state index in [0.29, 0.717) is 25.5 Å². The molecule has 0 unspecified atom stereocenters. The maximum absolute atomic E-state index is 12.4. The third kappa shape index (κ3) is 2.91. The third-order valence-electron chi connectivity index (χ3n) is 4.60. The van der Waals surface area contributed by atoms with Crippen LogP contribution >= 0.6 is 0 Å². The average molecular weight is 267 g/mol. The fraction of sp³-hybridized carbons (Fsp3) is 0.857. The van der Waals surface area contributed by atoms with E-state index in [-0.39, 0.29) is 12.5 Å². The molecule has 0 aromatic heterocycles. The number of hydrogen-bond acceptors (Lipinski definition) is 3. The lowest BCUT2D eigenvalue weighted by Crippen LogP contribution is -2.53. The molecule has 5 heteroatoms. The average Bonchev–Trinajstić information content (AvgIpc) is 3.29. The lowest BCUT2D eigenvalue weighted by Gasteiger charge is -2.34. The summed E-state index contributed by atoms with van der Waals surface area (Å²) in [5, 5.41) is 9.16. The molecule has 1 atom stereocenters. The summed E-state index contributed by atoms with van der Waals surface area (Å²) in [6.45, 7) is 0.990. The number of carbonyl (C=O) groups excluding carboxylic acids is 1. The van der Waals surface area contributed by atoms with Crippen molar-refractivity contribution >= 4 is 11.9 Å². The molecule has 1 N–H and O–H groups in total.